The highest BCUT2D eigenvalue weighted by molar-refractivity contribution is 5.78. The standard InChI is InChI=1S/C14H18O4/c1-3-18-13(16)12(15)14(8-9-14)10-6-4-5-7-11(10)17-2/h4-7,12,15H,3,8-9H2,1-2H3. The lowest BCUT2D eigenvalue weighted by atomic mass is 9.89. The number of hydrogen-bond donors (Lipinski definition) is 1. The van der Waals surface area contributed by atoms with Crippen LogP contribution in [0, 0.1) is 0 Å². The largest absolute Gasteiger partial charge is 0.496 e. The number of aliphatic hydroxyl groups is 1. The van der Waals surface area contributed by atoms with Gasteiger partial charge in [0.1, 0.15) is 5.75 Å². The van der Waals surface area contributed by atoms with Crippen LogP contribution in [0.2, 0.25) is 0 Å². The van der Waals surface area contributed by atoms with Gasteiger partial charge in [0, 0.05) is 11.0 Å². The van der Waals surface area contributed by atoms with Gasteiger partial charge in [0.15, 0.2) is 6.10 Å². The number of benzene rings is 1. The SMILES string of the molecule is CCOC(=O)C(O)C1(c2ccccc2OC)CC1. The molecule has 18 heavy (non-hydrogen) atoms. The Morgan fingerprint density at radius 1 is 1.44 bits per heavy atom. The summed E-state index contributed by atoms with van der Waals surface area (Å²) in [5.41, 5.74) is 0.354. The van der Waals surface area contributed by atoms with Crippen LogP contribution < -0.4 is 4.74 Å². The summed E-state index contributed by atoms with van der Waals surface area (Å²) in [6, 6.07) is 7.49. The summed E-state index contributed by atoms with van der Waals surface area (Å²) in [6.07, 6.45) is 0.425. The van der Waals surface area contributed by atoms with Crippen LogP contribution in [0.5, 0.6) is 5.75 Å². The summed E-state index contributed by atoms with van der Waals surface area (Å²) in [4.78, 5) is 11.7. The topological polar surface area (TPSA) is 55.8 Å². The quantitative estimate of drug-likeness (QED) is 0.807. The third-order valence-electron chi connectivity index (χ3n) is 3.47. The van der Waals surface area contributed by atoms with Gasteiger partial charge < -0.3 is 14.6 Å². The number of aliphatic hydroxyl groups excluding tert-OH is 1. The molecule has 1 atom stereocenters. The molecule has 0 amide bonds. The van der Waals surface area contributed by atoms with Gasteiger partial charge in [0.05, 0.1) is 13.7 Å². The van der Waals surface area contributed by atoms with Crippen molar-refractivity contribution in [2.24, 2.45) is 0 Å². The third-order valence-corrected chi connectivity index (χ3v) is 3.47. The Hall–Kier alpha value is -1.55. The monoisotopic (exact) mass is 250 g/mol. The molecule has 1 aliphatic rings. The highest BCUT2D eigenvalue weighted by atomic mass is 16.5. The minimum Gasteiger partial charge on any atom is -0.496 e. The van der Waals surface area contributed by atoms with E-state index in [0.717, 1.165) is 18.4 Å². The first-order valence-electron chi connectivity index (χ1n) is 6.14. The van der Waals surface area contributed by atoms with Gasteiger partial charge in [0.25, 0.3) is 0 Å². The molecule has 1 aromatic carbocycles. The number of carbonyl (C=O) groups is 1. The van der Waals surface area contributed by atoms with Crippen molar-refractivity contribution in [1.82, 2.24) is 0 Å². The first kappa shape index (κ1) is 12.9. The molecule has 0 radical (unpaired) electrons. The fourth-order valence-electron chi connectivity index (χ4n) is 2.33. The number of ether oxygens (including phenoxy) is 2. The average molecular weight is 250 g/mol. The Labute approximate surface area is 107 Å². The number of methoxy groups -OCH3 is 1. The van der Waals surface area contributed by atoms with Crippen LogP contribution in [-0.2, 0) is 14.9 Å². The van der Waals surface area contributed by atoms with Crippen molar-refractivity contribution >= 4 is 5.97 Å². The number of esters is 1. The minimum atomic E-state index is -1.12. The van der Waals surface area contributed by atoms with Gasteiger partial charge in [-0.2, -0.15) is 0 Å². The fourth-order valence-corrected chi connectivity index (χ4v) is 2.33. The van der Waals surface area contributed by atoms with E-state index in [1.54, 1.807) is 14.0 Å². The molecule has 1 unspecified atom stereocenters. The molecule has 0 spiro atoms. The number of rotatable bonds is 5. The van der Waals surface area contributed by atoms with Gasteiger partial charge in [-0.05, 0) is 25.8 Å². The molecule has 4 nitrogen and oxygen atoms in total. The fraction of sp³-hybridized carbons (Fsp3) is 0.500. The molecule has 2 rings (SSSR count). The maximum absolute atomic E-state index is 11.7. The maximum atomic E-state index is 11.7. The van der Waals surface area contributed by atoms with Crippen molar-refractivity contribution in [2.45, 2.75) is 31.3 Å². The van der Waals surface area contributed by atoms with Gasteiger partial charge >= 0.3 is 5.97 Å². The zero-order chi connectivity index (χ0) is 13.2. The average Bonchev–Trinajstić information content (AvgIpc) is 3.19. The smallest absolute Gasteiger partial charge is 0.335 e. The summed E-state index contributed by atoms with van der Waals surface area (Å²) in [7, 11) is 1.59. The Morgan fingerprint density at radius 3 is 2.67 bits per heavy atom. The van der Waals surface area contributed by atoms with Gasteiger partial charge in [-0.15, -0.1) is 0 Å². The lowest BCUT2D eigenvalue weighted by molar-refractivity contribution is -0.155. The van der Waals surface area contributed by atoms with Crippen LogP contribution in [0.1, 0.15) is 25.3 Å². The summed E-state index contributed by atoms with van der Waals surface area (Å²) in [6.45, 7) is 2.01. The van der Waals surface area contributed by atoms with Gasteiger partial charge in [-0.3, -0.25) is 0 Å². The Bertz CT molecular complexity index is 437. The number of para-hydroxylation sites is 1. The van der Waals surface area contributed by atoms with E-state index in [1.165, 1.54) is 0 Å². The first-order chi connectivity index (χ1) is 8.65. The summed E-state index contributed by atoms with van der Waals surface area (Å²) in [5, 5.41) is 10.2. The maximum Gasteiger partial charge on any atom is 0.335 e. The predicted molar refractivity (Wildman–Crippen MR) is 66.5 cm³/mol. The van der Waals surface area contributed by atoms with E-state index in [9.17, 15) is 9.90 Å². The molecule has 1 aromatic rings. The van der Waals surface area contributed by atoms with E-state index in [1.807, 2.05) is 24.3 Å². The van der Waals surface area contributed by atoms with E-state index in [2.05, 4.69) is 0 Å². The summed E-state index contributed by atoms with van der Waals surface area (Å²) in [5.74, 6) is 0.152. The van der Waals surface area contributed by atoms with E-state index in [0.29, 0.717) is 5.75 Å². The second-order valence-electron chi connectivity index (χ2n) is 4.51. The molecule has 1 fully saturated rings. The Kier molecular flexibility index (Phi) is 3.57. The Morgan fingerprint density at radius 2 is 2.11 bits per heavy atom. The molecule has 1 aliphatic carbocycles. The first-order valence-corrected chi connectivity index (χ1v) is 6.14. The lowest BCUT2D eigenvalue weighted by Gasteiger charge is -2.23. The van der Waals surface area contributed by atoms with E-state index < -0.39 is 17.5 Å². The molecule has 0 saturated heterocycles. The molecule has 98 valence electrons. The lowest BCUT2D eigenvalue weighted by Crippen LogP contribution is -2.35. The molecule has 1 N–H and O–H groups in total. The van der Waals surface area contributed by atoms with Gasteiger partial charge in [-0.25, -0.2) is 4.79 Å². The normalized spacial score (nSPS) is 17.9. The molecule has 0 bridgehead atoms. The number of hydrogen-bond acceptors (Lipinski definition) is 4. The van der Waals surface area contributed by atoms with Crippen molar-refractivity contribution in [2.75, 3.05) is 13.7 Å². The molecular weight excluding hydrogens is 232 g/mol. The van der Waals surface area contributed by atoms with E-state index in [4.69, 9.17) is 9.47 Å². The second kappa shape index (κ2) is 4.98. The van der Waals surface area contributed by atoms with E-state index >= 15 is 0 Å². The predicted octanol–water partition coefficient (Wildman–Crippen LogP) is 1.65. The highest BCUT2D eigenvalue weighted by Gasteiger charge is 2.55. The molecule has 0 aromatic heterocycles. The highest BCUT2D eigenvalue weighted by Crippen LogP contribution is 2.53. The zero-order valence-electron chi connectivity index (χ0n) is 10.7. The van der Waals surface area contributed by atoms with Crippen LogP contribution in [0.15, 0.2) is 24.3 Å². The van der Waals surface area contributed by atoms with Gasteiger partial charge in [-0.1, -0.05) is 18.2 Å². The van der Waals surface area contributed by atoms with Crippen molar-refractivity contribution in [3.05, 3.63) is 29.8 Å². The summed E-state index contributed by atoms with van der Waals surface area (Å²) < 4.78 is 10.2. The van der Waals surface area contributed by atoms with Crippen LogP contribution in [0.25, 0.3) is 0 Å². The van der Waals surface area contributed by atoms with Crippen molar-refractivity contribution in [3.8, 4) is 5.75 Å². The van der Waals surface area contributed by atoms with Crippen LogP contribution in [-0.4, -0.2) is 30.9 Å². The van der Waals surface area contributed by atoms with Crippen molar-refractivity contribution in [3.63, 3.8) is 0 Å². The number of carbonyl (C=O) groups excluding carboxylic acids is 1. The van der Waals surface area contributed by atoms with Gasteiger partial charge in [0.2, 0.25) is 0 Å². The molecule has 1 saturated carbocycles. The summed E-state index contributed by atoms with van der Waals surface area (Å²) >= 11 is 0. The third kappa shape index (κ3) is 2.08. The molecule has 0 heterocycles. The van der Waals surface area contributed by atoms with E-state index in [-0.39, 0.29) is 6.61 Å². The van der Waals surface area contributed by atoms with Crippen LogP contribution >= 0.6 is 0 Å². The Balaban J connectivity index is 2.28. The van der Waals surface area contributed by atoms with Crippen LogP contribution in [0.4, 0.5) is 0 Å². The molecular formula is C14H18O4. The molecule has 4 heteroatoms. The van der Waals surface area contributed by atoms with Crippen molar-refractivity contribution < 1.29 is 19.4 Å². The zero-order valence-corrected chi connectivity index (χ0v) is 10.7. The minimum absolute atomic E-state index is 0.276. The van der Waals surface area contributed by atoms with Crippen LogP contribution in [0.3, 0.4) is 0 Å². The second-order valence-corrected chi connectivity index (χ2v) is 4.51. The molecule has 0 aliphatic heterocycles. The van der Waals surface area contributed by atoms with Crippen molar-refractivity contribution in [1.29, 1.82) is 0 Å².